The third kappa shape index (κ3) is 1.67. The van der Waals surface area contributed by atoms with E-state index >= 15 is 0 Å². The Hall–Kier alpha value is -3.02. The normalized spacial score (nSPS) is 27.4. The number of hydrazone groups is 1. The molecule has 3 aliphatic rings. The molecule has 0 spiro atoms. The molecule has 0 unspecified atom stereocenters. The van der Waals surface area contributed by atoms with Crippen molar-refractivity contribution in [3.05, 3.63) is 54.1 Å². The van der Waals surface area contributed by atoms with Crippen LogP contribution in [0, 0.1) is 11.8 Å². The Bertz CT molecular complexity index is 777. The third-order valence-electron chi connectivity index (χ3n) is 3.97. The van der Waals surface area contributed by atoms with E-state index in [9.17, 15) is 14.4 Å². The first kappa shape index (κ1) is 12.7. The van der Waals surface area contributed by atoms with Gasteiger partial charge in [0.1, 0.15) is 0 Å². The molecular weight excluding hydrogens is 282 g/mol. The van der Waals surface area contributed by atoms with Crippen LogP contribution in [0.5, 0.6) is 0 Å². The maximum atomic E-state index is 12.3. The summed E-state index contributed by atoms with van der Waals surface area (Å²) in [5, 5.41) is 7.55. The van der Waals surface area contributed by atoms with Crippen molar-refractivity contribution in [2.45, 2.75) is 0 Å². The van der Waals surface area contributed by atoms with E-state index < -0.39 is 29.6 Å². The van der Waals surface area contributed by atoms with Crippen molar-refractivity contribution in [1.82, 2.24) is 5.01 Å². The van der Waals surface area contributed by atoms with E-state index in [0.29, 0.717) is 11.3 Å². The summed E-state index contributed by atoms with van der Waals surface area (Å²) in [5.41, 5.74) is 1.31. The van der Waals surface area contributed by atoms with Gasteiger partial charge in [-0.2, -0.15) is 10.1 Å². The number of rotatable bonds is 1. The number of allylic oxidation sites excluding steroid dienone is 2. The maximum Gasteiger partial charge on any atom is 0.276 e. The number of fused-ring (bicyclic) bond motifs is 2. The molecule has 2 heterocycles. The van der Waals surface area contributed by atoms with Crippen molar-refractivity contribution in [2.75, 3.05) is 5.32 Å². The number of carbonyl (C=O) groups excluding carboxylic acids is 3. The van der Waals surface area contributed by atoms with Crippen LogP contribution in [-0.4, -0.2) is 28.4 Å². The molecule has 0 bridgehead atoms. The van der Waals surface area contributed by atoms with Crippen molar-refractivity contribution in [1.29, 1.82) is 0 Å². The molecule has 1 N–H and O–H groups in total. The predicted octanol–water partition coefficient (Wildman–Crippen LogP) is 1.07. The molecule has 108 valence electrons. The number of hydrogen-bond acceptors (Lipinski definition) is 4. The topological polar surface area (TPSA) is 78.8 Å². The van der Waals surface area contributed by atoms with Crippen LogP contribution >= 0.6 is 0 Å². The van der Waals surface area contributed by atoms with E-state index in [1.165, 1.54) is 0 Å². The lowest BCUT2D eigenvalue weighted by Crippen LogP contribution is -2.29. The third-order valence-corrected chi connectivity index (χ3v) is 3.97. The highest BCUT2D eigenvalue weighted by Gasteiger charge is 2.46. The number of nitrogens with zero attached hydrogens (tertiary/aromatic N) is 2. The quantitative estimate of drug-likeness (QED) is 0.787. The van der Waals surface area contributed by atoms with Crippen LogP contribution < -0.4 is 5.32 Å². The highest BCUT2D eigenvalue weighted by Crippen LogP contribution is 2.32. The van der Waals surface area contributed by atoms with Crippen molar-refractivity contribution >= 4 is 29.1 Å². The Kier molecular flexibility index (Phi) is 2.59. The highest BCUT2D eigenvalue weighted by atomic mass is 16.2. The van der Waals surface area contributed by atoms with E-state index in [-0.39, 0.29) is 5.71 Å². The van der Waals surface area contributed by atoms with Gasteiger partial charge >= 0.3 is 0 Å². The SMILES string of the molecule is O=C1Nc2ccccc2/C1=N/N1C(=O)[C@H]2C=CC=C[C@H]2C1=O. The predicted molar refractivity (Wildman–Crippen MR) is 78.7 cm³/mol. The Morgan fingerprint density at radius 3 is 2.27 bits per heavy atom. The van der Waals surface area contributed by atoms with E-state index in [1.807, 2.05) is 0 Å². The molecule has 0 aromatic heterocycles. The fraction of sp³-hybridized carbons (Fsp3) is 0.125. The van der Waals surface area contributed by atoms with E-state index in [0.717, 1.165) is 5.01 Å². The molecule has 1 aromatic carbocycles. The zero-order valence-electron chi connectivity index (χ0n) is 11.4. The molecule has 6 heteroatoms. The smallest absolute Gasteiger partial charge is 0.276 e. The Labute approximate surface area is 125 Å². The summed E-state index contributed by atoms with van der Waals surface area (Å²) in [4.78, 5) is 36.7. The van der Waals surface area contributed by atoms with Gasteiger partial charge in [-0.15, -0.1) is 0 Å². The summed E-state index contributed by atoms with van der Waals surface area (Å²) < 4.78 is 0. The molecule has 1 aromatic rings. The number of nitrogens with one attached hydrogen (secondary N) is 1. The van der Waals surface area contributed by atoms with Gasteiger partial charge in [0, 0.05) is 5.56 Å². The Morgan fingerprint density at radius 2 is 1.59 bits per heavy atom. The van der Waals surface area contributed by atoms with Gasteiger partial charge in [-0.05, 0) is 6.07 Å². The molecule has 4 rings (SSSR count). The van der Waals surface area contributed by atoms with Crippen LogP contribution in [0.15, 0.2) is 53.7 Å². The van der Waals surface area contributed by atoms with Gasteiger partial charge in [-0.1, -0.05) is 42.5 Å². The summed E-state index contributed by atoms with van der Waals surface area (Å²) in [7, 11) is 0. The first-order chi connectivity index (χ1) is 10.7. The standard InChI is InChI=1S/C16H11N3O3/c20-14-13(11-7-3-4-8-12(11)17-14)18-19-15(21)9-5-1-2-6-10(9)16(19)22/h1-10H,(H,17,18,20)/t9-,10+. The summed E-state index contributed by atoms with van der Waals surface area (Å²) in [6.07, 6.45) is 6.85. The number of hydrogen-bond donors (Lipinski definition) is 1. The van der Waals surface area contributed by atoms with Gasteiger partial charge in [0.2, 0.25) is 0 Å². The molecule has 3 amide bonds. The summed E-state index contributed by atoms with van der Waals surface area (Å²) >= 11 is 0. The maximum absolute atomic E-state index is 12.3. The van der Waals surface area contributed by atoms with Crippen molar-refractivity contribution in [3.63, 3.8) is 0 Å². The minimum atomic E-state index is -0.526. The lowest BCUT2D eigenvalue weighted by atomic mass is 9.91. The first-order valence-electron chi connectivity index (χ1n) is 6.89. The Morgan fingerprint density at radius 1 is 0.955 bits per heavy atom. The number of benzene rings is 1. The van der Waals surface area contributed by atoms with Gasteiger partial charge in [-0.25, -0.2) is 0 Å². The molecule has 22 heavy (non-hydrogen) atoms. The second-order valence-electron chi connectivity index (χ2n) is 5.26. The first-order valence-corrected chi connectivity index (χ1v) is 6.89. The summed E-state index contributed by atoms with van der Waals surface area (Å²) in [6.45, 7) is 0. The van der Waals surface area contributed by atoms with Gasteiger partial charge in [-0.3, -0.25) is 14.4 Å². The average Bonchev–Trinajstić information content (AvgIpc) is 2.98. The Balaban J connectivity index is 1.76. The number of para-hydroxylation sites is 1. The summed E-state index contributed by atoms with van der Waals surface area (Å²) in [6, 6.07) is 7.03. The van der Waals surface area contributed by atoms with E-state index in [2.05, 4.69) is 10.4 Å². The molecule has 1 aliphatic carbocycles. The molecule has 0 saturated carbocycles. The minimum absolute atomic E-state index is 0.0870. The van der Waals surface area contributed by atoms with E-state index in [4.69, 9.17) is 0 Å². The molecule has 6 nitrogen and oxygen atoms in total. The number of imide groups is 1. The molecule has 1 fully saturated rings. The van der Waals surface area contributed by atoms with Crippen LogP contribution in [0.1, 0.15) is 5.56 Å². The van der Waals surface area contributed by atoms with Crippen LogP contribution in [-0.2, 0) is 14.4 Å². The lowest BCUT2D eigenvalue weighted by Gasteiger charge is -2.08. The monoisotopic (exact) mass is 293 g/mol. The number of anilines is 1. The minimum Gasteiger partial charge on any atom is -0.320 e. The van der Waals surface area contributed by atoms with Crippen molar-refractivity contribution in [3.8, 4) is 0 Å². The molecule has 1 saturated heterocycles. The van der Waals surface area contributed by atoms with E-state index in [1.54, 1.807) is 48.6 Å². The fourth-order valence-corrected chi connectivity index (χ4v) is 2.87. The van der Waals surface area contributed by atoms with Crippen LogP contribution in [0.3, 0.4) is 0 Å². The number of amides is 3. The van der Waals surface area contributed by atoms with Crippen molar-refractivity contribution in [2.24, 2.45) is 16.9 Å². The van der Waals surface area contributed by atoms with Gasteiger partial charge in [0.15, 0.2) is 5.71 Å². The van der Waals surface area contributed by atoms with Crippen LogP contribution in [0.4, 0.5) is 5.69 Å². The van der Waals surface area contributed by atoms with Crippen molar-refractivity contribution < 1.29 is 14.4 Å². The molecular formula is C16H11N3O3. The fourth-order valence-electron chi connectivity index (χ4n) is 2.87. The molecule has 2 atom stereocenters. The molecule has 2 aliphatic heterocycles. The highest BCUT2D eigenvalue weighted by molar-refractivity contribution is 6.53. The van der Waals surface area contributed by atoms with Gasteiger partial charge < -0.3 is 5.32 Å². The van der Waals surface area contributed by atoms with Gasteiger partial charge in [0.25, 0.3) is 17.7 Å². The number of carbonyl (C=O) groups is 3. The largest absolute Gasteiger partial charge is 0.320 e. The van der Waals surface area contributed by atoms with Crippen LogP contribution in [0.2, 0.25) is 0 Å². The second kappa shape index (κ2) is 4.49. The van der Waals surface area contributed by atoms with Gasteiger partial charge in [0.05, 0.1) is 17.5 Å². The average molecular weight is 293 g/mol. The van der Waals surface area contributed by atoms with Crippen LogP contribution in [0.25, 0.3) is 0 Å². The zero-order valence-corrected chi connectivity index (χ0v) is 11.4. The summed E-state index contributed by atoms with van der Waals surface area (Å²) in [5.74, 6) is -2.27. The molecule has 0 radical (unpaired) electrons. The zero-order chi connectivity index (χ0) is 15.3. The lowest BCUT2D eigenvalue weighted by molar-refractivity contribution is -0.139. The second-order valence-corrected chi connectivity index (χ2v) is 5.26.